The number of hydrogen-bond donors (Lipinski definition) is 1. The third-order valence-electron chi connectivity index (χ3n) is 7.53. The lowest BCUT2D eigenvalue weighted by atomic mass is 9.89. The van der Waals surface area contributed by atoms with Crippen LogP contribution in [0, 0.1) is 17.8 Å². The molecule has 0 saturated carbocycles. The zero-order chi connectivity index (χ0) is 23.2. The molecule has 176 valence electrons. The fourth-order valence-corrected chi connectivity index (χ4v) is 5.78. The number of rotatable bonds is 4. The predicted octanol–water partition coefficient (Wildman–Crippen LogP) is 2.09. The Morgan fingerprint density at radius 2 is 1.88 bits per heavy atom. The average Bonchev–Trinajstić information content (AvgIpc) is 3.57. The number of carbonyl (C=O) groups is 2. The first-order chi connectivity index (χ1) is 16.6. The molecule has 2 saturated heterocycles. The Balaban J connectivity index is 1.13. The van der Waals surface area contributed by atoms with Crippen molar-refractivity contribution in [3.63, 3.8) is 0 Å². The summed E-state index contributed by atoms with van der Waals surface area (Å²) in [6.45, 7) is 5.15. The van der Waals surface area contributed by atoms with E-state index < -0.39 is 0 Å². The third kappa shape index (κ3) is 3.59. The average molecular weight is 461 g/mol. The minimum atomic E-state index is -0.0650. The van der Waals surface area contributed by atoms with Gasteiger partial charge in [-0.3, -0.25) is 14.7 Å². The molecular weight excluding hydrogens is 432 g/mol. The van der Waals surface area contributed by atoms with E-state index >= 15 is 0 Å². The number of carbonyl (C=O) groups excluding carboxylic acids is 2. The Bertz CT molecular complexity index is 1240. The molecule has 3 aliphatic rings. The van der Waals surface area contributed by atoms with Gasteiger partial charge in [-0.15, -0.1) is 5.10 Å². The van der Waals surface area contributed by atoms with Crippen molar-refractivity contribution >= 4 is 22.6 Å². The standard InChI is InChI=1S/C25H28N6O3/c1-2-34-23-19-6-4-3-5-15(19)9-22(26-23)25(33)31-13-17-11-30(12-18(17)14-31)24(32)16-7-8-20-21(10-16)28-29-27-20/h3-6,9,16-18H,2,7-8,10-14H2,1H3,(H,27,28,29)/t16-,17-,18-/m1/s1. The van der Waals surface area contributed by atoms with Crippen LogP contribution in [0.1, 0.15) is 35.2 Å². The molecule has 6 rings (SSSR count). The molecule has 0 bridgehead atoms. The van der Waals surface area contributed by atoms with Gasteiger partial charge in [0.1, 0.15) is 5.69 Å². The number of nitrogens with one attached hydrogen (secondary N) is 1. The Morgan fingerprint density at radius 1 is 1.12 bits per heavy atom. The topological polar surface area (TPSA) is 104 Å². The number of benzene rings is 1. The van der Waals surface area contributed by atoms with E-state index in [0.29, 0.717) is 62.6 Å². The second kappa shape index (κ2) is 8.38. The van der Waals surface area contributed by atoms with E-state index in [0.717, 1.165) is 35.0 Å². The van der Waals surface area contributed by atoms with E-state index in [1.807, 2.05) is 47.1 Å². The van der Waals surface area contributed by atoms with Gasteiger partial charge in [0.15, 0.2) is 0 Å². The van der Waals surface area contributed by atoms with E-state index in [4.69, 9.17) is 4.74 Å². The van der Waals surface area contributed by atoms with Crippen molar-refractivity contribution in [2.24, 2.45) is 17.8 Å². The molecule has 3 aromatic rings. The van der Waals surface area contributed by atoms with Crippen LogP contribution in [0.4, 0.5) is 0 Å². The largest absolute Gasteiger partial charge is 0.478 e. The first-order valence-electron chi connectivity index (χ1n) is 12.1. The second-order valence-electron chi connectivity index (χ2n) is 9.62. The van der Waals surface area contributed by atoms with E-state index in [1.165, 1.54) is 0 Å². The molecule has 2 aliphatic heterocycles. The molecule has 34 heavy (non-hydrogen) atoms. The minimum Gasteiger partial charge on any atom is -0.478 e. The molecule has 0 unspecified atom stereocenters. The summed E-state index contributed by atoms with van der Waals surface area (Å²) in [5.41, 5.74) is 2.40. The van der Waals surface area contributed by atoms with Gasteiger partial charge >= 0.3 is 0 Å². The van der Waals surface area contributed by atoms with Crippen LogP contribution in [-0.2, 0) is 17.6 Å². The first kappa shape index (κ1) is 21.1. The number of nitrogens with zero attached hydrogens (tertiary/aromatic N) is 5. The van der Waals surface area contributed by atoms with Crippen molar-refractivity contribution in [3.05, 3.63) is 47.4 Å². The summed E-state index contributed by atoms with van der Waals surface area (Å²) in [4.78, 5) is 35.0. The van der Waals surface area contributed by atoms with Crippen LogP contribution in [0.15, 0.2) is 30.3 Å². The Labute approximate surface area is 197 Å². The van der Waals surface area contributed by atoms with Gasteiger partial charge in [-0.25, -0.2) is 4.98 Å². The highest BCUT2D eigenvalue weighted by Gasteiger charge is 2.44. The highest BCUT2D eigenvalue weighted by Crippen LogP contribution is 2.35. The molecule has 2 amide bonds. The maximum absolute atomic E-state index is 13.3. The lowest BCUT2D eigenvalue weighted by molar-refractivity contribution is -0.135. The monoisotopic (exact) mass is 460 g/mol. The van der Waals surface area contributed by atoms with E-state index in [2.05, 4.69) is 20.4 Å². The molecule has 2 fully saturated rings. The van der Waals surface area contributed by atoms with Gasteiger partial charge in [-0.05, 0) is 37.3 Å². The molecule has 9 nitrogen and oxygen atoms in total. The van der Waals surface area contributed by atoms with Crippen LogP contribution in [0.3, 0.4) is 0 Å². The van der Waals surface area contributed by atoms with Crippen LogP contribution < -0.4 is 4.74 Å². The molecule has 3 atom stereocenters. The van der Waals surface area contributed by atoms with Crippen molar-refractivity contribution in [2.45, 2.75) is 26.2 Å². The molecule has 1 aromatic carbocycles. The Kier molecular flexibility index (Phi) is 5.19. The maximum atomic E-state index is 13.3. The molecule has 4 heterocycles. The van der Waals surface area contributed by atoms with Crippen LogP contribution in [0.2, 0.25) is 0 Å². The number of hydrogen-bond acceptors (Lipinski definition) is 6. The van der Waals surface area contributed by atoms with Crippen molar-refractivity contribution in [3.8, 4) is 5.88 Å². The number of fused-ring (bicyclic) bond motifs is 3. The van der Waals surface area contributed by atoms with Crippen LogP contribution >= 0.6 is 0 Å². The lowest BCUT2D eigenvalue weighted by Crippen LogP contribution is -2.40. The number of aryl methyl sites for hydroxylation is 1. The summed E-state index contributed by atoms with van der Waals surface area (Å²) >= 11 is 0. The number of aromatic nitrogens is 4. The summed E-state index contributed by atoms with van der Waals surface area (Å²) in [7, 11) is 0. The van der Waals surface area contributed by atoms with Crippen molar-refractivity contribution < 1.29 is 14.3 Å². The van der Waals surface area contributed by atoms with Gasteiger partial charge in [0.2, 0.25) is 11.8 Å². The van der Waals surface area contributed by atoms with Crippen molar-refractivity contribution in [1.29, 1.82) is 0 Å². The quantitative estimate of drug-likeness (QED) is 0.639. The summed E-state index contributed by atoms with van der Waals surface area (Å²) in [6, 6.07) is 9.69. The summed E-state index contributed by atoms with van der Waals surface area (Å²) in [5.74, 6) is 1.26. The third-order valence-corrected chi connectivity index (χ3v) is 7.53. The van der Waals surface area contributed by atoms with Gasteiger partial charge in [0, 0.05) is 55.7 Å². The second-order valence-corrected chi connectivity index (χ2v) is 9.62. The van der Waals surface area contributed by atoms with Gasteiger partial charge in [0.25, 0.3) is 5.91 Å². The zero-order valence-electron chi connectivity index (χ0n) is 19.2. The van der Waals surface area contributed by atoms with Gasteiger partial charge in [-0.1, -0.05) is 23.4 Å². The minimum absolute atomic E-state index is 0.0204. The lowest BCUT2D eigenvalue weighted by Gasteiger charge is -2.27. The van der Waals surface area contributed by atoms with E-state index in [1.54, 1.807) is 0 Å². The molecule has 1 aliphatic carbocycles. The number of aromatic amines is 1. The summed E-state index contributed by atoms with van der Waals surface area (Å²) in [5, 5.41) is 12.8. The van der Waals surface area contributed by atoms with Crippen molar-refractivity contribution in [1.82, 2.24) is 30.2 Å². The highest BCUT2D eigenvalue weighted by molar-refractivity contribution is 5.98. The van der Waals surface area contributed by atoms with Crippen LogP contribution in [0.5, 0.6) is 5.88 Å². The number of pyridine rings is 1. The predicted molar refractivity (Wildman–Crippen MR) is 124 cm³/mol. The number of H-pyrrole nitrogens is 1. The fraction of sp³-hybridized carbons (Fsp3) is 0.480. The van der Waals surface area contributed by atoms with Gasteiger partial charge in [0.05, 0.1) is 18.0 Å². The molecule has 9 heteroatoms. The van der Waals surface area contributed by atoms with Crippen LogP contribution in [0.25, 0.3) is 10.8 Å². The van der Waals surface area contributed by atoms with Gasteiger partial charge in [-0.2, -0.15) is 0 Å². The summed E-state index contributed by atoms with van der Waals surface area (Å²) < 4.78 is 5.73. The van der Waals surface area contributed by atoms with Crippen molar-refractivity contribution in [2.75, 3.05) is 32.8 Å². The first-order valence-corrected chi connectivity index (χ1v) is 12.1. The molecule has 0 spiro atoms. The van der Waals surface area contributed by atoms with Crippen LogP contribution in [-0.4, -0.2) is 74.8 Å². The molecule has 2 aromatic heterocycles. The molecule has 0 radical (unpaired) electrons. The van der Waals surface area contributed by atoms with E-state index in [-0.39, 0.29) is 17.7 Å². The maximum Gasteiger partial charge on any atom is 0.272 e. The normalized spacial score (nSPS) is 23.7. The molecule has 1 N–H and O–H groups in total. The highest BCUT2D eigenvalue weighted by atomic mass is 16.5. The zero-order valence-corrected chi connectivity index (χ0v) is 19.2. The fourth-order valence-electron chi connectivity index (χ4n) is 5.78. The smallest absolute Gasteiger partial charge is 0.272 e. The Hall–Kier alpha value is -3.49. The van der Waals surface area contributed by atoms with Gasteiger partial charge < -0.3 is 14.5 Å². The van der Waals surface area contributed by atoms with E-state index in [9.17, 15) is 9.59 Å². The summed E-state index contributed by atoms with van der Waals surface area (Å²) in [6.07, 6.45) is 2.32. The Morgan fingerprint density at radius 3 is 2.68 bits per heavy atom. The number of amides is 2. The number of ether oxygens (including phenoxy) is 1. The number of likely N-dealkylation sites (tertiary alicyclic amines) is 2. The molecular formula is C25H28N6O3. The SMILES string of the molecule is CCOc1nc(C(=O)N2C[C@H]3CN(C(=O)[C@@H]4CCc5[nH]nnc5C4)C[C@@H]3C2)cc2ccccc12.